The van der Waals surface area contributed by atoms with E-state index in [1.807, 2.05) is 0 Å². The lowest BCUT2D eigenvalue weighted by atomic mass is 9.81. The highest BCUT2D eigenvalue weighted by atomic mass is 14.4. The van der Waals surface area contributed by atoms with E-state index < -0.39 is 0 Å². The van der Waals surface area contributed by atoms with Crippen LogP contribution in [0.15, 0.2) is 60.7 Å². The molecule has 2 aromatic carbocycles. The molecule has 2 aliphatic rings. The third-order valence-electron chi connectivity index (χ3n) is 4.73. The maximum absolute atomic E-state index is 2.40. The van der Waals surface area contributed by atoms with E-state index in [0.717, 1.165) is 6.42 Å². The first-order chi connectivity index (χ1) is 9.68. The van der Waals surface area contributed by atoms with Gasteiger partial charge in [-0.3, -0.25) is 0 Å². The van der Waals surface area contributed by atoms with E-state index in [9.17, 15) is 0 Å². The molecule has 0 N–H and O–H groups in total. The van der Waals surface area contributed by atoms with E-state index in [4.69, 9.17) is 0 Å². The van der Waals surface area contributed by atoms with Gasteiger partial charge in [0.2, 0.25) is 0 Å². The number of rotatable bonds is 1. The lowest BCUT2D eigenvalue weighted by Crippen LogP contribution is -2.15. The lowest BCUT2D eigenvalue weighted by molar-refractivity contribution is 0.660. The molecule has 2 aromatic rings. The van der Waals surface area contributed by atoms with E-state index in [1.54, 1.807) is 0 Å². The number of allylic oxidation sites excluding steroid dienone is 4. The van der Waals surface area contributed by atoms with E-state index >= 15 is 0 Å². The molecule has 4 rings (SSSR count). The van der Waals surface area contributed by atoms with Crippen LogP contribution in [0, 0.1) is 0 Å². The van der Waals surface area contributed by atoms with Crippen molar-refractivity contribution in [2.75, 3.05) is 0 Å². The van der Waals surface area contributed by atoms with Crippen LogP contribution in [0.25, 0.3) is 16.7 Å². The standard InChI is InChI=1S/C20H18/c1-20(2)18-10-6-5-9-16(18)17-12-11-15(13-19(17)20)14-7-3-4-8-14/h3-7,9-13H,8H2,1-2H3. The summed E-state index contributed by atoms with van der Waals surface area (Å²) in [5, 5.41) is 0. The zero-order valence-electron chi connectivity index (χ0n) is 12.0. The van der Waals surface area contributed by atoms with Crippen molar-refractivity contribution in [2.24, 2.45) is 0 Å². The summed E-state index contributed by atoms with van der Waals surface area (Å²) < 4.78 is 0. The zero-order chi connectivity index (χ0) is 13.7. The first-order valence-corrected chi connectivity index (χ1v) is 7.28. The summed E-state index contributed by atoms with van der Waals surface area (Å²) in [7, 11) is 0. The number of benzene rings is 2. The molecule has 0 atom stereocenters. The molecule has 0 spiro atoms. The number of hydrogen-bond acceptors (Lipinski definition) is 0. The minimum Gasteiger partial charge on any atom is -0.0801 e. The van der Waals surface area contributed by atoms with Gasteiger partial charge in [-0.1, -0.05) is 68.5 Å². The molecule has 0 amide bonds. The molecule has 0 saturated carbocycles. The molecular formula is C20H18. The lowest BCUT2D eigenvalue weighted by Gasteiger charge is -2.22. The Morgan fingerprint density at radius 3 is 2.50 bits per heavy atom. The Morgan fingerprint density at radius 2 is 1.70 bits per heavy atom. The molecule has 0 heterocycles. The average Bonchev–Trinajstić information content (AvgIpc) is 3.07. The monoisotopic (exact) mass is 258 g/mol. The van der Waals surface area contributed by atoms with Gasteiger partial charge in [0.15, 0.2) is 0 Å². The topological polar surface area (TPSA) is 0 Å². The molecule has 0 fully saturated rings. The highest BCUT2D eigenvalue weighted by Gasteiger charge is 2.35. The Labute approximate surface area is 120 Å². The second kappa shape index (κ2) is 3.96. The molecule has 0 heteroatoms. The largest absolute Gasteiger partial charge is 0.0801 e. The average molecular weight is 258 g/mol. The second-order valence-corrected chi connectivity index (χ2v) is 6.26. The number of hydrogen-bond donors (Lipinski definition) is 0. The van der Waals surface area contributed by atoms with Crippen molar-refractivity contribution < 1.29 is 0 Å². The van der Waals surface area contributed by atoms with Crippen LogP contribution < -0.4 is 0 Å². The molecule has 0 aromatic heterocycles. The molecular weight excluding hydrogens is 240 g/mol. The summed E-state index contributed by atoms with van der Waals surface area (Å²) in [6, 6.07) is 15.8. The molecule has 0 radical (unpaired) electrons. The molecule has 98 valence electrons. The smallest absolute Gasteiger partial charge is 0.0159 e. The van der Waals surface area contributed by atoms with Crippen LogP contribution in [0.4, 0.5) is 0 Å². The normalized spacial score (nSPS) is 17.8. The Morgan fingerprint density at radius 1 is 0.900 bits per heavy atom. The van der Waals surface area contributed by atoms with Crippen molar-refractivity contribution >= 4 is 5.57 Å². The highest BCUT2D eigenvalue weighted by molar-refractivity contribution is 5.83. The SMILES string of the molecule is CC1(C)c2ccccc2-c2ccc(C3=CC=CC3)cc21. The van der Waals surface area contributed by atoms with Gasteiger partial charge in [0.25, 0.3) is 0 Å². The zero-order valence-corrected chi connectivity index (χ0v) is 12.0. The fraction of sp³-hybridized carbons (Fsp3) is 0.200. The van der Waals surface area contributed by atoms with E-state index in [1.165, 1.54) is 33.4 Å². The van der Waals surface area contributed by atoms with Gasteiger partial charge in [0.1, 0.15) is 0 Å². The van der Waals surface area contributed by atoms with Crippen molar-refractivity contribution in [1.29, 1.82) is 0 Å². The summed E-state index contributed by atoms with van der Waals surface area (Å²) in [4.78, 5) is 0. The van der Waals surface area contributed by atoms with E-state index in [2.05, 4.69) is 74.5 Å². The van der Waals surface area contributed by atoms with Crippen LogP contribution in [0.2, 0.25) is 0 Å². The van der Waals surface area contributed by atoms with E-state index in [-0.39, 0.29) is 5.41 Å². The molecule has 0 nitrogen and oxygen atoms in total. The summed E-state index contributed by atoms with van der Waals surface area (Å²) in [6.07, 6.45) is 7.67. The molecule has 0 saturated heterocycles. The molecule has 0 bridgehead atoms. The predicted molar refractivity (Wildman–Crippen MR) is 85.7 cm³/mol. The van der Waals surface area contributed by atoms with Gasteiger partial charge in [-0.05, 0) is 45.9 Å². The van der Waals surface area contributed by atoms with Crippen molar-refractivity contribution in [3.05, 3.63) is 77.4 Å². The Hall–Kier alpha value is -2.08. The Kier molecular flexibility index (Phi) is 2.32. The van der Waals surface area contributed by atoms with Gasteiger partial charge >= 0.3 is 0 Å². The van der Waals surface area contributed by atoms with Gasteiger partial charge in [-0.15, -0.1) is 0 Å². The summed E-state index contributed by atoms with van der Waals surface area (Å²) in [5.74, 6) is 0. The van der Waals surface area contributed by atoms with Crippen LogP contribution in [0.5, 0.6) is 0 Å². The van der Waals surface area contributed by atoms with Crippen molar-refractivity contribution in [2.45, 2.75) is 25.7 Å². The summed E-state index contributed by atoms with van der Waals surface area (Å²) in [6.45, 7) is 4.67. The minimum atomic E-state index is 0.106. The first-order valence-electron chi connectivity index (χ1n) is 7.28. The Balaban J connectivity index is 1.92. The third-order valence-corrected chi connectivity index (χ3v) is 4.73. The maximum Gasteiger partial charge on any atom is 0.0159 e. The molecule has 20 heavy (non-hydrogen) atoms. The molecule has 2 aliphatic carbocycles. The fourth-order valence-corrected chi connectivity index (χ4v) is 3.57. The third kappa shape index (κ3) is 1.48. The van der Waals surface area contributed by atoms with Crippen LogP contribution in [0.1, 0.15) is 37.0 Å². The first kappa shape index (κ1) is 11.7. The van der Waals surface area contributed by atoms with Crippen LogP contribution in [0.3, 0.4) is 0 Å². The van der Waals surface area contributed by atoms with E-state index in [0.29, 0.717) is 0 Å². The van der Waals surface area contributed by atoms with Crippen molar-refractivity contribution in [3.8, 4) is 11.1 Å². The van der Waals surface area contributed by atoms with Gasteiger partial charge < -0.3 is 0 Å². The summed E-state index contributed by atoms with van der Waals surface area (Å²) in [5.41, 5.74) is 8.62. The number of fused-ring (bicyclic) bond motifs is 3. The second-order valence-electron chi connectivity index (χ2n) is 6.26. The predicted octanol–water partition coefficient (Wildman–Crippen LogP) is 5.34. The Bertz CT molecular complexity index is 757. The minimum absolute atomic E-state index is 0.106. The molecule has 0 aliphatic heterocycles. The van der Waals surface area contributed by atoms with Gasteiger partial charge in [-0.25, -0.2) is 0 Å². The van der Waals surface area contributed by atoms with Crippen molar-refractivity contribution in [3.63, 3.8) is 0 Å². The van der Waals surface area contributed by atoms with Crippen LogP contribution in [-0.4, -0.2) is 0 Å². The van der Waals surface area contributed by atoms with Crippen molar-refractivity contribution in [1.82, 2.24) is 0 Å². The van der Waals surface area contributed by atoms with Crippen LogP contribution >= 0.6 is 0 Å². The van der Waals surface area contributed by atoms with Gasteiger partial charge in [-0.2, -0.15) is 0 Å². The summed E-state index contributed by atoms with van der Waals surface area (Å²) >= 11 is 0. The maximum atomic E-state index is 2.40. The highest BCUT2D eigenvalue weighted by Crippen LogP contribution is 2.49. The van der Waals surface area contributed by atoms with Gasteiger partial charge in [0, 0.05) is 5.41 Å². The van der Waals surface area contributed by atoms with Gasteiger partial charge in [0.05, 0.1) is 0 Å². The fourth-order valence-electron chi connectivity index (χ4n) is 3.57. The molecule has 0 unspecified atom stereocenters. The van der Waals surface area contributed by atoms with Crippen LogP contribution in [-0.2, 0) is 5.41 Å². The quantitative estimate of drug-likeness (QED) is 0.648.